The van der Waals surface area contributed by atoms with Gasteiger partial charge in [0.25, 0.3) is 5.91 Å². The van der Waals surface area contributed by atoms with Crippen molar-refractivity contribution in [2.24, 2.45) is 7.05 Å². The Bertz CT molecular complexity index is 778. The molecular formula is C15H16N4O. The number of nitrogens with zero attached hydrogens (tertiary/aromatic N) is 2. The van der Waals surface area contributed by atoms with Gasteiger partial charge in [0, 0.05) is 18.0 Å². The average Bonchev–Trinajstić information content (AvgIpc) is 2.94. The summed E-state index contributed by atoms with van der Waals surface area (Å²) in [5, 5.41) is 10.9. The molecule has 2 heterocycles. The summed E-state index contributed by atoms with van der Waals surface area (Å²) in [7, 11) is 1.90. The lowest BCUT2D eigenvalue weighted by molar-refractivity contribution is 0.101. The second-order valence-electron chi connectivity index (χ2n) is 4.91. The van der Waals surface area contributed by atoms with Crippen molar-refractivity contribution in [3.8, 4) is 0 Å². The molecule has 5 heteroatoms. The molecule has 1 aromatic carbocycles. The summed E-state index contributed by atoms with van der Waals surface area (Å²) in [4.78, 5) is 12.4. The highest BCUT2D eigenvalue weighted by atomic mass is 16.2. The van der Waals surface area contributed by atoms with Crippen molar-refractivity contribution in [2.45, 2.75) is 13.8 Å². The number of H-pyrrole nitrogens is 1. The smallest absolute Gasteiger partial charge is 0.272 e. The van der Waals surface area contributed by atoms with Crippen LogP contribution in [-0.2, 0) is 7.05 Å². The Morgan fingerprint density at radius 2 is 2.05 bits per heavy atom. The van der Waals surface area contributed by atoms with Gasteiger partial charge >= 0.3 is 0 Å². The molecule has 0 aliphatic heterocycles. The summed E-state index contributed by atoms with van der Waals surface area (Å²) < 4.78 is 1.90. The van der Waals surface area contributed by atoms with Crippen LogP contribution in [0.1, 0.15) is 21.9 Å². The fourth-order valence-electron chi connectivity index (χ4n) is 2.42. The molecule has 0 atom stereocenters. The number of hydrogen-bond acceptors (Lipinski definition) is 2. The first kappa shape index (κ1) is 12.5. The van der Waals surface area contributed by atoms with Gasteiger partial charge in [0.15, 0.2) is 0 Å². The predicted octanol–water partition coefficient (Wildman–Crippen LogP) is 2.77. The number of para-hydroxylation sites is 1. The number of benzene rings is 1. The summed E-state index contributed by atoms with van der Waals surface area (Å²) in [5.74, 6) is -0.128. The number of rotatable bonds is 2. The van der Waals surface area contributed by atoms with E-state index < -0.39 is 0 Å². The minimum absolute atomic E-state index is 0.128. The first-order valence-electron chi connectivity index (χ1n) is 6.45. The first-order valence-corrected chi connectivity index (χ1v) is 6.45. The fourth-order valence-corrected chi connectivity index (χ4v) is 2.42. The van der Waals surface area contributed by atoms with Crippen LogP contribution in [-0.4, -0.2) is 20.7 Å². The van der Waals surface area contributed by atoms with E-state index in [0.29, 0.717) is 5.69 Å². The normalized spacial score (nSPS) is 10.9. The molecule has 0 spiro atoms. The largest absolute Gasteiger partial charge is 0.340 e. The summed E-state index contributed by atoms with van der Waals surface area (Å²) in [6.07, 6.45) is 0. The first-order chi connectivity index (χ1) is 9.58. The number of fused-ring (bicyclic) bond motifs is 1. The maximum atomic E-state index is 12.4. The van der Waals surface area contributed by atoms with Gasteiger partial charge in [-0.25, -0.2) is 0 Å². The van der Waals surface area contributed by atoms with Crippen LogP contribution in [0, 0.1) is 13.8 Å². The molecule has 0 aliphatic carbocycles. The molecule has 1 amide bonds. The van der Waals surface area contributed by atoms with Gasteiger partial charge < -0.3 is 9.88 Å². The Labute approximate surface area is 116 Å². The number of anilines is 1. The molecule has 5 nitrogen and oxygen atoms in total. The van der Waals surface area contributed by atoms with E-state index in [2.05, 4.69) is 15.5 Å². The average molecular weight is 268 g/mol. The molecule has 2 N–H and O–H groups in total. The molecule has 0 aliphatic rings. The molecular weight excluding hydrogens is 252 g/mol. The van der Waals surface area contributed by atoms with Crippen molar-refractivity contribution < 1.29 is 4.79 Å². The number of hydrogen-bond donors (Lipinski definition) is 2. The third-order valence-corrected chi connectivity index (χ3v) is 3.55. The Balaban J connectivity index is 1.99. The molecule has 20 heavy (non-hydrogen) atoms. The lowest BCUT2D eigenvalue weighted by Gasteiger charge is -2.06. The van der Waals surface area contributed by atoms with Crippen LogP contribution in [0.2, 0.25) is 0 Å². The Morgan fingerprint density at radius 3 is 2.70 bits per heavy atom. The Hall–Kier alpha value is -2.56. The van der Waals surface area contributed by atoms with E-state index in [0.717, 1.165) is 28.0 Å². The quantitative estimate of drug-likeness (QED) is 0.750. The van der Waals surface area contributed by atoms with Crippen LogP contribution in [0.25, 0.3) is 10.9 Å². The van der Waals surface area contributed by atoms with E-state index in [9.17, 15) is 4.79 Å². The second-order valence-corrected chi connectivity index (χ2v) is 4.91. The molecule has 0 unspecified atom stereocenters. The van der Waals surface area contributed by atoms with E-state index in [-0.39, 0.29) is 5.91 Å². The van der Waals surface area contributed by atoms with Gasteiger partial charge in [-0.2, -0.15) is 5.10 Å². The van der Waals surface area contributed by atoms with Crippen LogP contribution >= 0.6 is 0 Å². The maximum Gasteiger partial charge on any atom is 0.272 e. The zero-order valence-corrected chi connectivity index (χ0v) is 11.7. The number of carbonyl (C=O) groups excluding carboxylic acids is 1. The Morgan fingerprint density at radius 1 is 1.30 bits per heavy atom. The van der Waals surface area contributed by atoms with Gasteiger partial charge in [-0.1, -0.05) is 18.2 Å². The SMILES string of the molecule is Cc1n[nH]c(C)c1NC(=O)c1cc2ccccc2n1C. The van der Waals surface area contributed by atoms with Crippen molar-refractivity contribution in [3.63, 3.8) is 0 Å². The zero-order chi connectivity index (χ0) is 14.3. The number of nitrogens with one attached hydrogen (secondary N) is 2. The van der Waals surface area contributed by atoms with E-state index >= 15 is 0 Å². The minimum atomic E-state index is -0.128. The number of aryl methyl sites for hydroxylation is 3. The van der Waals surface area contributed by atoms with Crippen molar-refractivity contribution in [1.82, 2.24) is 14.8 Å². The molecule has 3 rings (SSSR count). The zero-order valence-electron chi connectivity index (χ0n) is 11.7. The summed E-state index contributed by atoms with van der Waals surface area (Å²) >= 11 is 0. The van der Waals surface area contributed by atoms with Crippen molar-refractivity contribution in [2.75, 3.05) is 5.32 Å². The van der Waals surface area contributed by atoms with Crippen LogP contribution < -0.4 is 5.32 Å². The molecule has 0 fully saturated rings. The van der Waals surface area contributed by atoms with Gasteiger partial charge in [0.1, 0.15) is 5.69 Å². The summed E-state index contributed by atoms with van der Waals surface area (Å²) in [6.45, 7) is 3.75. The van der Waals surface area contributed by atoms with Gasteiger partial charge in [0.05, 0.1) is 17.1 Å². The molecule has 102 valence electrons. The molecule has 0 saturated heterocycles. The number of aromatic nitrogens is 3. The maximum absolute atomic E-state index is 12.4. The molecule has 2 aromatic heterocycles. The third-order valence-electron chi connectivity index (χ3n) is 3.55. The lowest BCUT2D eigenvalue weighted by Crippen LogP contribution is -2.16. The number of amides is 1. The van der Waals surface area contributed by atoms with Gasteiger partial charge in [-0.3, -0.25) is 9.89 Å². The Kier molecular flexibility index (Phi) is 2.82. The molecule has 0 bridgehead atoms. The predicted molar refractivity (Wildman–Crippen MR) is 78.9 cm³/mol. The van der Waals surface area contributed by atoms with E-state index in [1.54, 1.807) is 0 Å². The number of aromatic amines is 1. The second kappa shape index (κ2) is 4.52. The van der Waals surface area contributed by atoms with E-state index in [1.165, 1.54) is 0 Å². The van der Waals surface area contributed by atoms with E-state index in [4.69, 9.17) is 0 Å². The number of carbonyl (C=O) groups is 1. The highest BCUT2D eigenvalue weighted by molar-refractivity contribution is 6.06. The third kappa shape index (κ3) is 1.87. The molecule has 3 aromatic rings. The van der Waals surface area contributed by atoms with Crippen LogP contribution in [0.5, 0.6) is 0 Å². The van der Waals surface area contributed by atoms with Crippen molar-refractivity contribution >= 4 is 22.5 Å². The summed E-state index contributed by atoms with van der Waals surface area (Å²) in [5.41, 5.74) is 4.06. The standard InChI is InChI=1S/C15H16N4O/c1-9-14(10(2)18-17-9)16-15(20)13-8-11-6-4-5-7-12(11)19(13)3/h4-8H,1-3H3,(H,16,20)(H,17,18). The van der Waals surface area contributed by atoms with Gasteiger partial charge in [-0.05, 0) is 26.0 Å². The van der Waals surface area contributed by atoms with Gasteiger partial charge in [-0.15, -0.1) is 0 Å². The highest BCUT2D eigenvalue weighted by Gasteiger charge is 2.16. The highest BCUT2D eigenvalue weighted by Crippen LogP contribution is 2.21. The van der Waals surface area contributed by atoms with Gasteiger partial charge in [0.2, 0.25) is 0 Å². The monoisotopic (exact) mass is 268 g/mol. The topological polar surface area (TPSA) is 62.7 Å². The van der Waals surface area contributed by atoms with Crippen molar-refractivity contribution in [3.05, 3.63) is 47.4 Å². The van der Waals surface area contributed by atoms with E-state index in [1.807, 2.05) is 55.8 Å². The van der Waals surface area contributed by atoms with Crippen molar-refractivity contribution in [1.29, 1.82) is 0 Å². The van der Waals surface area contributed by atoms with Crippen LogP contribution in [0.3, 0.4) is 0 Å². The molecule has 0 radical (unpaired) electrons. The molecule has 0 saturated carbocycles. The lowest BCUT2D eigenvalue weighted by atomic mass is 10.2. The minimum Gasteiger partial charge on any atom is -0.340 e. The summed E-state index contributed by atoms with van der Waals surface area (Å²) in [6, 6.07) is 9.83. The fraction of sp³-hybridized carbons (Fsp3) is 0.200. The van der Waals surface area contributed by atoms with Crippen LogP contribution in [0.15, 0.2) is 30.3 Å². The van der Waals surface area contributed by atoms with Crippen LogP contribution in [0.4, 0.5) is 5.69 Å².